The first kappa shape index (κ1) is 12.1. The lowest BCUT2D eigenvalue weighted by atomic mass is 9.89. The summed E-state index contributed by atoms with van der Waals surface area (Å²) < 4.78 is 1.87. The molecule has 3 nitrogen and oxygen atoms in total. The molecule has 0 saturated heterocycles. The lowest BCUT2D eigenvalue weighted by molar-refractivity contribution is 0.464. The molecule has 0 saturated carbocycles. The highest BCUT2D eigenvalue weighted by Gasteiger charge is 2.23. The van der Waals surface area contributed by atoms with Gasteiger partial charge in [0.2, 0.25) is 0 Å². The molecule has 0 bridgehead atoms. The first-order valence-electron chi connectivity index (χ1n) is 5.04. The highest BCUT2D eigenvalue weighted by atomic mass is 35.5. The number of hydrogen-bond acceptors (Lipinski definition) is 2. The zero-order valence-corrected chi connectivity index (χ0v) is 10.4. The van der Waals surface area contributed by atoms with E-state index in [1.165, 1.54) is 0 Å². The van der Waals surface area contributed by atoms with Gasteiger partial charge in [0.05, 0.1) is 27.9 Å². The van der Waals surface area contributed by atoms with Crippen LogP contribution in [0.25, 0.3) is 0 Å². The van der Waals surface area contributed by atoms with Crippen LogP contribution in [-0.4, -0.2) is 9.78 Å². The Hall–Kier alpha value is -1.01. The molecule has 0 aliphatic heterocycles. The fourth-order valence-corrected chi connectivity index (χ4v) is 1.70. The summed E-state index contributed by atoms with van der Waals surface area (Å²) in [4.78, 5) is 0. The summed E-state index contributed by atoms with van der Waals surface area (Å²) in [6.45, 7) is 8.50. The Balaban J connectivity index is 3.09. The van der Waals surface area contributed by atoms with Crippen molar-refractivity contribution < 1.29 is 0 Å². The molecule has 0 amide bonds. The van der Waals surface area contributed by atoms with Gasteiger partial charge >= 0.3 is 0 Å². The Morgan fingerprint density at radius 3 is 2.60 bits per heavy atom. The average molecular weight is 226 g/mol. The van der Waals surface area contributed by atoms with E-state index in [1.807, 2.05) is 32.4 Å². The average Bonchev–Trinajstić information content (AvgIpc) is 2.45. The Bertz CT molecular complexity index is 399. The van der Waals surface area contributed by atoms with Gasteiger partial charge in [-0.2, -0.15) is 10.4 Å². The van der Waals surface area contributed by atoms with Gasteiger partial charge in [-0.15, -0.1) is 0 Å². The molecule has 1 aromatic rings. The summed E-state index contributed by atoms with van der Waals surface area (Å²) in [5.74, 6) is 0. The third-order valence-electron chi connectivity index (χ3n) is 2.36. The molecule has 0 fully saturated rings. The van der Waals surface area contributed by atoms with Crippen LogP contribution in [0.15, 0.2) is 0 Å². The molecule has 0 atom stereocenters. The molecule has 0 spiro atoms. The van der Waals surface area contributed by atoms with Crippen LogP contribution in [0, 0.1) is 23.7 Å². The normalized spacial score (nSPS) is 11.5. The number of nitrogens with zero attached hydrogens (tertiary/aromatic N) is 3. The van der Waals surface area contributed by atoms with E-state index < -0.39 is 5.41 Å². The summed E-state index contributed by atoms with van der Waals surface area (Å²) in [5, 5.41) is 14.0. The van der Waals surface area contributed by atoms with Crippen molar-refractivity contribution in [3.8, 4) is 6.07 Å². The summed E-state index contributed by atoms with van der Waals surface area (Å²) in [6.07, 6.45) is 0.636. The molecule has 0 N–H and O–H groups in total. The maximum Gasteiger partial charge on any atom is 0.0847 e. The zero-order chi connectivity index (χ0) is 11.6. The fourth-order valence-electron chi connectivity index (χ4n) is 1.50. The summed E-state index contributed by atoms with van der Waals surface area (Å²) in [5.41, 5.74) is 1.40. The Morgan fingerprint density at radius 2 is 2.13 bits per heavy atom. The molecule has 1 aromatic heterocycles. The van der Waals surface area contributed by atoms with Crippen molar-refractivity contribution in [2.45, 2.75) is 40.7 Å². The molecular weight excluding hydrogens is 210 g/mol. The first-order valence-corrected chi connectivity index (χ1v) is 5.42. The molecule has 0 aromatic carbocycles. The third kappa shape index (κ3) is 2.51. The van der Waals surface area contributed by atoms with Gasteiger partial charge in [-0.1, -0.05) is 11.6 Å². The maximum absolute atomic E-state index is 8.99. The SMILES string of the molecule is CCn1nc(C)c(Cl)c1CC(C)(C)C#N. The van der Waals surface area contributed by atoms with E-state index >= 15 is 0 Å². The van der Waals surface area contributed by atoms with Crippen molar-refractivity contribution in [1.82, 2.24) is 9.78 Å². The largest absolute Gasteiger partial charge is 0.268 e. The lowest BCUT2D eigenvalue weighted by Gasteiger charge is -2.15. The van der Waals surface area contributed by atoms with Crippen LogP contribution < -0.4 is 0 Å². The lowest BCUT2D eigenvalue weighted by Crippen LogP contribution is -2.15. The van der Waals surface area contributed by atoms with Gasteiger partial charge in [0.1, 0.15) is 0 Å². The molecule has 15 heavy (non-hydrogen) atoms. The molecule has 4 heteroatoms. The standard InChI is InChI=1S/C11H16ClN3/c1-5-15-9(6-11(3,4)7-13)10(12)8(2)14-15/h5-6H2,1-4H3. The van der Waals surface area contributed by atoms with E-state index in [9.17, 15) is 0 Å². The van der Waals surface area contributed by atoms with Gasteiger partial charge in [0, 0.05) is 13.0 Å². The van der Waals surface area contributed by atoms with Crippen LogP contribution in [0.3, 0.4) is 0 Å². The number of hydrogen-bond donors (Lipinski definition) is 0. The monoisotopic (exact) mass is 225 g/mol. The minimum atomic E-state index is -0.400. The van der Waals surface area contributed by atoms with Crippen LogP contribution in [0.2, 0.25) is 5.02 Å². The highest BCUT2D eigenvalue weighted by Crippen LogP contribution is 2.27. The van der Waals surface area contributed by atoms with E-state index in [4.69, 9.17) is 16.9 Å². The number of nitriles is 1. The third-order valence-corrected chi connectivity index (χ3v) is 2.86. The van der Waals surface area contributed by atoms with E-state index in [0.29, 0.717) is 11.4 Å². The molecule has 0 radical (unpaired) electrons. The molecular formula is C11H16ClN3. The predicted octanol–water partition coefficient (Wildman–Crippen LogP) is 2.96. The topological polar surface area (TPSA) is 41.6 Å². The zero-order valence-electron chi connectivity index (χ0n) is 9.63. The number of aromatic nitrogens is 2. The van der Waals surface area contributed by atoms with Gasteiger partial charge in [0.15, 0.2) is 0 Å². The Kier molecular flexibility index (Phi) is 3.41. The second-order valence-electron chi connectivity index (χ2n) is 4.33. The van der Waals surface area contributed by atoms with Crippen molar-refractivity contribution in [1.29, 1.82) is 5.26 Å². The molecule has 0 unspecified atom stereocenters. The summed E-state index contributed by atoms with van der Waals surface area (Å²) in [6, 6.07) is 2.28. The number of halogens is 1. The molecule has 1 heterocycles. The van der Waals surface area contributed by atoms with E-state index in [2.05, 4.69) is 11.2 Å². The van der Waals surface area contributed by atoms with Crippen molar-refractivity contribution in [2.24, 2.45) is 5.41 Å². The minimum absolute atomic E-state index is 0.400. The Labute approximate surface area is 95.7 Å². The van der Waals surface area contributed by atoms with E-state index in [-0.39, 0.29) is 0 Å². The van der Waals surface area contributed by atoms with Crippen LogP contribution in [0.5, 0.6) is 0 Å². The molecule has 0 aliphatic rings. The maximum atomic E-state index is 8.99. The van der Waals surface area contributed by atoms with Crippen molar-refractivity contribution in [3.05, 3.63) is 16.4 Å². The number of aryl methyl sites for hydroxylation is 2. The van der Waals surface area contributed by atoms with Gasteiger partial charge in [0.25, 0.3) is 0 Å². The smallest absolute Gasteiger partial charge is 0.0847 e. The van der Waals surface area contributed by atoms with Crippen molar-refractivity contribution >= 4 is 11.6 Å². The predicted molar refractivity (Wildman–Crippen MR) is 60.7 cm³/mol. The van der Waals surface area contributed by atoms with Crippen LogP contribution in [0.1, 0.15) is 32.2 Å². The van der Waals surface area contributed by atoms with Crippen LogP contribution >= 0.6 is 11.6 Å². The summed E-state index contributed by atoms with van der Waals surface area (Å²) >= 11 is 6.16. The van der Waals surface area contributed by atoms with Gasteiger partial charge < -0.3 is 0 Å². The van der Waals surface area contributed by atoms with Gasteiger partial charge in [-0.3, -0.25) is 4.68 Å². The first-order chi connectivity index (χ1) is 6.91. The molecule has 1 rings (SSSR count). The van der Waals surface area contributed by atoms with Gasteiger partial charge in [-0.05, 0) is 27.7 Å². The fraction of sp³-hybridized carbons (Fsp3) is 0.636. The summed E-state index contributed by atoms with van der Waals surface area (Å²) in [7, 11) is 0. The number of rotatable bonds is 3. The van der Waals surface area contributed by atoms with Crippen LogP contribution in [0.4, 0.5) is 0 Å². The second-order valence-corrected chi connectivity index (χ2v) is 4.71. The van der Waals surface area contributed by atoms with E-state index in [0.717, 1.165) is 17.9 Å². The molecule has 82 valence electrons. The quantitative estimate of drug-likeness (QED) is 0.794. The van der Waals surface area contributed by atoms with Gasteiger partial charge in [-0.25, -0.2) is 0 Å². The Morgan fingerprint density at radius 1 is 1.53 bits per heavy atom. The van der Waals surface area contributed by atoms with E-state index in [1.54, 1.807) is 0 Å². The second kappa shape index (κ2) is 4.24. The highest BCUT2D eigenvalue weighted by molar-refractivity contribution is 6.31. The minimum Gasteiger partial charge on any atom is -0.268 e. The molecule has 0 aliphatic carbocycles. The van der Waals surface area contributed by atoms with Crippen LogP contribution in [-0.2, 0) is 13.0 Å². The van der Waals surface area contributed by atoms with Crippen molar-refractivity contribution in [2.75, 3.05) is 0 Å². The van der Waals surface area contributed by atoms with Crippen molar-refractivity contribution in [3.63, 3.8) is 0 Å².